The van der Waals surface area contributed by atoms with Gasteiger partial charge < -0.3 is 10.4 Å². The fraction of sp³-hybridized carbons (Fsp3) is 0. The quantitative estimate of drug-likeness (QED) is 0.796. The normalized spacial score (nSPS) is 10.1. The van der Waals surface area contributed by atoms with Crippen LogP contribution in [-0.2, 0) is 0 Å². The zero-order valence-corrected chi connectivity index (χ0v) is 10.4. The number of carboxylic acid groups (broad SMARTS) is 1. The minimum atomic E-state index is -1.15. The highest BCUT2D eigenvalue weighted by atomic mass is 79.9. The molecule has 8 heteroatoms. The summed E-state index contributed by atoms with van der Waals surface area (Å²) in [5.41, 5.74) is 0.104. The van der Waals surface area contributed by atoms with Gasteiger partial charge in [-0.25, -0.2) is 9.78 Å². The molecule has 0 aliphatic heterocycles. The molecule has 0 radical (unpaired) electrons. The van der Waals surface area contributed by atoms with Crippen LogP contribution < -0.4 is 5.32 Å². The third kappa shape index (κ3) is 2.72. The molecule has 0 spiro atoms. The summed E-state index contributed by atoms with van der Waals surface area (Å²) in [4.78, 5) is 26.2. The predicted molar refractivity (Wildman–Crippen MR) is 65.4 cm³/mol. The molecule has 3 N–H and O–H groups in total. The topological polar surface area (TPSA) is 108 Å². The number of carboxylic acids is 1. The van der Waals surface area contributed by atoms with E-state index < -0.39 is 11.9 Å². The molecule has 0 aromatic carbocycles. The molecule has 92 valence electrons. The summed E-state index contributed by atoms with van der Waals surface area (Å²) in [5.74, 6) is -1.49. The summed E-state index contributed by atoms with van der Waals surface area (Å²) in [6.07, 6.45) is 1.49. The van der Waals surface area contributed by atoms with Crippen molar-refractivity contribution in [1.29, 1.82) is 0 Å². The number of pyridine rings is 1. The highest BCUT2D eigenvalue weighted by molar-refractivity contribution is 9.10. The van der Waals surface area contributed by atoms with Crippen LogP contribution in [0.3, 0.4) is 0 Å². The van der Waals surface area contributed by atoms with Crippen molar-refractivity contribution in [3.8, 4) is 0 Å². The second kappa shape index (κ2) is 4.96. The van der Waals surface area contributed by atoms with Crippen molar-refractivity contribution in [3.63, 3.8) is 0 Å². The Bertz CT molecular complexity index is 593. The number of halogens is 1. The molecule has 0 aliphatic rings. The van der Waals surface area contributed by atoms with Gasteiger partial charge in [-0.2, -0.15) is 5.10 Å². The number of nitrogens with zero attached hydrogens (tertiary/aromatic N) is 2. The maximum absolute atomic E-state index is 11.7. The summed E-state index contributed by atoms with van der Waals surface area (Å²) < 4.78 is 0.756. The van der Waals surface area contributed by atoms with E-state index in [9.17, 15) is 9.59 Å². The van der Waals surface area contributed by atoms with Gasteiger partial charge in [-0.3, -0.25) is 9.89 Å². The average molecular weight is 311 g/mol. The summed E-state index contributed by atoms with van der Waals surface area (Å²) in [5, 5.41) is 17.0. The minimum absolute atomic E-state index is 0.103. The van der Waals surface area contributed by atoms with Gasteiger partial charge in [-0.1, -0.05) is 0 Å². The van der Waals surface area contributed by atoms with E-state index in [4.69, 9.17) is 5.11 Å². The van der Waals surface area contributed by atoms with Gasteiger partial charge in [0.25, 0.3) is 5.91 Å². The number of rotatable bonds is 3. The molecule has 1 amide bonds. The lowest BCUT2D eigenvalue weighted by Gasteiger charge is -2.00. The molecule has 0 atom stereocenters. The number of hydrogen-bond donors (Lipinski definition) is 3. The molecule has 2 rings (SSSR count). The fourth-order valence-electron chi connectivity index (χ4n) is 1.19. The smallest absolute Gasteiger partial charge is 0.353 e. The molecule has 0 unspecified atom stereocenters. The summed E-state index contributed by atoms with van der Waals surface area (Å²) >= 11 is 3.20. The van der Waals surface area contributed by atoms with E-state index in [1.165, 1.54) is 18.3 Å². The Morgan fingerprint density at radius 1 is 1.39 bits per heavy atom. The monoisotopic (exact) mass is 310 g/mol. The Morgan fingerprint density at radius 2 is 2.17 bits per heavy atom. The Labute approximate surface area is 109 Å². The van der Waals surface area contributed by atoms with Crippen LogP contribution in [0.15, 0.2) is 28.9 Å². The van der Waals surface area contributed by atoms with Crippen molar-refractivity contribution in [2.45, 2.75) is 0 Å². The highest BCUT2D eigenvalue weighted by Gasteiger charge is 2.12. The molecule has 18 heavy (non-hydrogen) atoms. The predicted octanol–water partition coefficient (Wildman–Crippen LogP) is 1.52. The number of amides is 1. The number of aromatic carboxylic acids is 1. The number of nitrogens with one attached hydrogen (secondary N) is 2. The van der Waals surface area contributed by atoms with Crippen molar-refractivity contribution >= 4 is 33.6 Å². The number of anilines is 1. The van der Waals surface area contributed by atoms with Crippen molar-refractivity contribution in [1.82, 2.24) is 15.2 Å². The second-order valence-corrected chi connectivity index (χ2v) is 4.20. The van der Waals surface area contributed by atoms with Crippen LogP contribution in [0, 0.1) is 0 Å². The van der Waals surface area contributed by atoms with Crippen molar-refractivity contribution in [2.75, 3.05) is 5.32 Å². The number of H-pyrrole nitrogens is 1. The highest BCUT2D eigenvalue weighted by Crippen LogP contribution is 2.10. The van der Waals surface area contributed by atoms with Gasteiger partial charge in [-0.05, 0) is 28.1 Å². The first-order chi connectivity index (χ1) is 8.56. The largest absolute Gasteiger partial charge is 0.477 e. The van der Waals surface area contributed by atoms with Crippen LogP contribution in [-0.4, -0.2) is 32.2 Å². The molecule has 2 aromatic heterocycles. The van der Waals surface area contributed by atoms with Crippen LogP contribution in [0.25, 0.3) is 0 Å². The van der Waals surface area contributed by atoms with Gasteiger partial charge in [-0.15, -0.1) is 0 Å². The summed E-state index contributed by atoms with van der Waals surface area (Å²) in [6.45, 7) is 0. The lowest BCUT2D eigenvalue weighted by atomic mass is 10.3. The van der Waals surface area contributed by atoms with E-state index in [0.717, 1.165) is 4.47 Å². The van der Waals surface area contributed by atoms with Crippen LogP contribution >= 0.6 is 15.9 Å². The first kappa shape index (κ1) is 12.2. The van der Waals surface area contributed by atoms with Crippen molar-refractivity contribution in [2.24, 2.45) is 0 Å². The molecule has 2 aromatic rings. The van der Waals surface area contributed by atoms with E-state index in [1.54, 1.807) is 6.07 Å². The SMILES string of the molecule is O=C(Nc1cc(C(=O)O)[nH]n1)c1ccc(Br)cn1. The summed E-state index contributed by atoms with van der Waals surface area (Å²) in [7, 11) is 0. The number of carbonyl (C=O) groups excluding carboxylic acids is 1. The maximum Gasteiger partial charge on any atom is 0.353 e. The van der Waals surface area contributed by atoms with Gasteiger partial charge >= 0.3 is 5.97 Å². The van der Waals surface area contributed by atoms with E-state index in [2.05, 4.69) is 36.4 Å². The maximum atomic E-state index is 11.7. The minimum Gasteiger partial charge on any atom is -0.477 e. The van der Waals surface area contributed by atoms with E-state index >= 15 is 0 Å². The van der Waals surface area contributed by atoms with Crippen molar-refractivity contribution in [3.05, 3.63) is 40.3 Å². The van der Waals surface area contributed by atoms with Crippen LogP contribution in [0.1, 0.15) is 21.0 Å². The first-order valence-corrected chi connectivity index (χ1v) is 5.57. The molecular formula is C10H7BrN4O3. The Morgan fingerprint density at radius 3 is 2.72 bits per heavy atom. The zero-order valence-electron chi connectivity index (χ0n) is 8.85. The zero-order chi connectivity index (χ0) is 13.1. The molecule has 0 fully saturated rings. The van der Waals surface area contributed by atoms with Gasteiger partial charge in [0.05, 0.1) is 0 Å². The number of hydrogen-bond acceptors (Lipinski definition) is 4. The van der Waals surface area contributed by atoms with Gasteiger partial charge in [0.15, 0.2) is 5.82 Å². The van der Waals surface area contributed by atoms with Crippen molar-refractivity contribution < 1.29 is 14.7 Å². The lowest BCUT2D eigenvalue weighted by molar-refractivity contribution is 0.0690. The van der Waals surface area contributed by atoms with Gasteiger partial charge in [0.2, 0.25) is 0 Å². The Hall–Kier alpha value is -2.22. The van der Waals surface area contributed by atoms with E-state index in [0.29, 0.717) is 0 Å². The molecule has 7 nitrogen and oxygen atoms in total. The lowest BCUT2D eigenvalue weighted by Crippen LogP contribution is -2.13. The van der Waals surface area contributed by atoms with Crippen LogP contribution in [0.5, 0.6) is 0 Å². The summed E-state index contributed by atoms with van der Waals surface area (Å²) in [6, 6.07) is 4.43. The molecule has 0 bridgehead atoms. The third-order valence-corrected chi connectivity index (χ3v) is 2.48. The van der Waals surface area contributed by atoms with E-state index in [-0.39, 0.29) is 17.2 Å². The van der Waals surface area contributed by atoms with Crippen LogP contribution in [0.4, 0.5) is 5.82 Å². The molecule has 0 aliphatic carbocycles. The Kier molecular flexibility index (Phi) is 3.38. The second-order valence-electron chi connectivity index (χ2n) is 3.29. The number of aromatic amines is 1. The number of carbonyl (C=O) groups is 2. The molecule has 0 saturated carbocycles. The van der Waals surface area contributed by atoms with E-state index in [1.807, 2.05) is 0 Å². The molecular weight excluding hydrogens is 304 g/mol. The van der Waals surface area contributed by atoms with Gasteiger partial charge in [0.1, 0.15) is 11.4 Å². The first-order valence-electron chi connectivity index (χ1n) is 4.78. The molecule has 2 heterocycles. The van der Waals surface area contributed by atoms with Gasteiger partial charge in [0, 0.05) is 16.7 Å². The van der Waals surface area contributed by atoms with Crippen LogP contribution in [0.2, 0.25) is 0 Å². The number of aromatic nitrogens is 3. The third-order valence-electron chi connectivity index (χ3n) is 2.01. The fourth-order valence-corrected chi connectivity index (χ4v) is 1.42. The standard InChI is InChI=1S/C10H7BrN4O3/c11-5-1-2-6(12-4-5)9(16)13-8-3-7(10(17)18)14-15-8/h1-4H,(H,17,18)(H2,13,14,15,16). The Balaban J connectivity index is 2.11. The molecule has 0 saturated heterocycles. The average Bonchev–Trinajstić information content (AvgIpc) is 2.78.